The van der Waals surface area contributed by atoms with Crippen molar-refractivity contribution in [2.24, 2.45) is 0 Å². The third kappa shape index (κ3) is 1.76. The van der Waals surface area contributed by atoms with E-state index in [9.17, 15) is 5.11 Å². The SMILES string of the molecule is C[C@@]1(O)CCCC[C@H]1c1ccns1. The minimum absolute atomic E-state index is 0.314. The maximum absolute atomic E-state index is 10.2. The van der Waals surface area contributed by atoms with Crippen LogP contribution in [0.3, 0.4) is 0 Å². The molecule has 0 bridgehead atoms. The molecule has 0 unspecified atom stereocenters. The van der Waals surface area contributed by atoms with Crippen LogP contribution in [0.4, 0.5) is 0 Å². The topological polar surface area (TPSA) is 33.1 Å². The Balaban J connectivity index is 2.21. The van der Waals surface area contributed by atoms with Crippen molar-refractivity contribution in [3.8, 4) is 0 Å². The molecule has 1 N–H and O–H groups in total. The third-order valence-corrected chi connectivity index (χ3v) is 3.84. The van der Waals surface area contributed by atoms with Crippen LogP contribution in [0.25, 0.3) is 0 Å². The number of aromatic nitrogens is 1. The Kier molecular flexibility index (Phi) is 2.39. The Bertz CT molecular complexity index is 268. The average molecular weight is 197 g/mol. The Morgan fingerprint density at radius 1 is 1.62 bits per heavy atom. The third-order valence-electron chi connectivity index (χ3n) is 2.98. The fraction of sp³-hybridized carbons (Fsp3) is 0.700. The smallest absolute Gasteiger partial charge is 0.0696 e. The predicted octanol–water partition coefficient (Wildman–Crippen LogP) is 2.55. The van der Waals surface area contributed by atoms with Gasteiger partial charge in [-0.3, -0.25) is 0 Å². The van der Waals surface area contributed by atoms with Crippen LogP contribution in [-0.4, -0.2) is 15.1 Å². The molecule has 3 heteroatoms. The highest BCUT2D eigenvalue weighted by Crippen LogP contribution is 2.41. The summed E-state index contributed by atoms with van der Waals surface area (Å²) in [6.45, 7) is 1.95. The first-order chi connectivity index (χ1) is 6.20. The lowest BCUT2D eigenvalue weighted by atomic mass is 9.76. The van der Waals surface area contributed by atoms with Crippen molar-refractivity contribution < 1.29 is 5.11 Å². The van der Waals surface area contributed by atoms with Gasteiger partial charge in [0.25, 0.3) is 0 Å². The second kappa shape index (κ2) is 3.39. The highest BCUT2D eigenvalue weighted by atomic mass is 32.1. The van der Waals surface area contributed by atoms with Crippen LogP contribution in [0.15, 0.2) is 12.3 Å². The summed E-state index contributed by atoms with van der Waals surface area (Å²) in [6.07, 6.45) is 6.25. The van der Waals surface area contributed by atoms with Gasteiger partial charge in [-0.25, -0.2) is 4.37 Å². The Morgan fingerprint density at radius 3 is 3.08 bits per heavy atom. The molecule has 0 amide bonds. The Morgan fingerprint density at radius 2 is 2.46 bits per heavy atom. The first-order valence-corrected chi connectivity index (χ1v) is 5.60. The molecule has 72 valence electrons. The van der Waals surface area contributed by atoms with E-state index in [1.807, 2.05) is 19.2 Å². The standard InChI is InChI=1S/C10H15NOS/c1-10(12)6-3-2-4-8(10)9-5-7-11-13-9/h5,7-8,12H,2-4,6H2,1H3/t8-,10+/m0/s1. The van der Waals surface area contributed by atoms with Gasteiger partial charge in [0.1, 0.15) is 0 Å². The summed E-state index contributed by atoms with van der Waals surface area (Å²) in [7, 11) is 0. The highest BCUT2D eigenvalue weighted by Gasteiger charge is 2.36. The number of hydrogen-bond acceptors (Lipinski definition) is 3. The molecular weight excluding hydrogens is 182 g/mol. The van der Waals surface area contributed by atoms with Gasteiger partial charge in [0.05, 0.1) is 5.60 Å². The number of nitrogens with zero attached hydrogens (tertiary/aromatic N) is 1. The minimum atomic E-state index is -0.509. The lowest BCUT2D eigenvalue weighted by Crippen LogP contribution is -2.35. The fourth-order valence-electron chi connectivity index (χ4n) is 2.17. The van der Waals surface area contributed by atoms with Gasteiger partial charge in [-0.15, -0.1) is 0 Å². The van der Waals surface area contributed by atoms with E-state index in [2.05, 4.69) is 4.37 Å². The molecule has 1 heterocycles. The van der Waals surface area contributed by atoms with Crippen molar-refractivity contribution in [2.75, 3.05) is 0 Å². The molecule has 1 aliphatic carbocycles. The molecule has 0 aromatic carbocycles. The summed E-state index contributed by atoms with van der Waals surface area (Å²) in [5.74, 6) is 0.314. The van der Waals surface area contributed by atoms with Crippen molar-refractivity contribution in [2.45, 2.75) is 44.1 Å². The molecule has 0 spiro atoms. The lowest BCUT2D eigenvalue weighted by Gasteiger charge is -2.36. The summed E-state index contributed by atoms with van der Waals surface area (Å²) < 4.78 is 4.09. The number of hydrogen-bond donors (Lipinski definition) is 1. The zero-order valence-electron chi connectivity index (χ0n) is 7.86. The quantitative estimate of drug-likeness (QED) is 0.750. The summed E-state index contributed by atoms with van der Waals surface area (Å²) in [4.78, 5) is 1.24. The van der Waals surface area contributed by atoms with E-state index < -0.39 is 5.60 Å². The van der Waals surface area contributed by atoms with Crippen LogP contribution < -0.4 is 0 Å². The molecule has 13 heavy (non-hydrogen) atoms. The molecule has 1 aliphatic rings. The zero-order chi connectivity index (χ0) is 9.31. The van der Waals surface area contributed by atoms with Crippen LogP contribution in [0.2, 0.25) is 0 Å². The van der Waals surface area contributed by atoms with Gasteiger partial charge in [0, 0.05) is 17.0 Å². The molecule has 2 atom stereocenters. The first kappa shape index (κ1) is 9.16. The molecule has 1 saturated carbocycles. The van der Waals surface area contributed by atoms with Gasteiger partial charge in [0.2, 0.25) is 0 Å². The largest absolute Gasteiger partial charge is 0.390 e. The van der Waals surface area contributed by atoms with Gasteiger partial charge in [-0.05, 0) is 37.4 Å². The van der Waals surface area contributed by atoms with E-state index >= 15 is 0 Å². The normalized spacial score (nSPS) is 34.8. The lowest BCUT2D eigenvalue weighted by molar-refractivity contribution is 0.00178. The molecular formula is C10H15NOS. The van der Waals surface area contributed by atoms with Crippen molar-refractivity contribution in [3.63, 3.8) is 0 Å². The predicted molar refractivity (Wildman–Crippen MR) is 53.9 cm³/mol. The van der Waals surface area contributed by atoms with E-state index in [0.29, 0.717) is 5.92 Å². The Hall–Kier alpha value is -0.410. The van der Waals surface area contributed by atoms with Gasteiger partial charge < -0.3 is 5.11 Å². The van der Waals surface area contributed by atoms with Gasteiger partial charge in [-0.2, -0.15) is 0 Å². The van der Waals surface area contributed by atoms with E-state index in [4.69, 9.17) is 0 Å². The van der Waals surface area contributed by atoms with Crippen molar-refractivity contribution in [1.29, 1.82) is 0 Å². The van der Waals surface area contributed by atoms with Crippen molar-refractivity contribution in [3.05, 3.63) is 17.1 Å². The van der Waals surface area contributed by atoms with E-state index in [-0.39, 0.29) is 0 Å². The monoisotopic (exact) mass is 197 g/mol. The first-order valence-electron chi connectivity index (χ1n) is 4.83. The van der Waals surface area contributed by atoms with Gasteiger partial charge >= 0.3 is 0 Å². The summed E-state index contributed by atoms with van der Waals surface area (Å²) in [5.41, 5.74) is -0.509. The fourth-order valence-corrected chi connectivity index (χ4v) is 3.03. The van der Waals surface area contributed by atoms with Crippen LogP contribution in [0.1, 0.15) is 43.4 Å². The molecule has 1 aromatic rings. The number of rotatable bonds is 1. The molecule has 1 aromatic heterocycles. The minimum Gasteiger partial charge on any atom is -0.390 e. The van der Waals surface area contributed by atoms with Crippen LogP contribution >= 0.6 is 11.5 Å². The van der Waals surface area contributed by atoms with E-state index in [1.54, 1.807) is 0 Å². The second-order valence-electron chi connectivity index (χ2n) is 4.07. The van der Waals surface area contributed by atoms with Crippen molar-refractivity contribution >= 4 is 11.5 Å². The molecule has 0 aliphatic heterocycles. The molecule has 2 nitrogen and oxygen atoms in total. The van der Waals surface area contributed by atoms with E-state index in [0.717, 1.165) is 19.3 Å². The average Bonchev–Trinajstić information content (AvgIpc) is 2.55. The van der Waals surface area contributed by atoms with Crippen LogP contribution in [0, 0.1) is 0 Å². The summed E-state index contributed by atoms with van der Waals surface area (Å²) in [6, 6.07) is 2.04. The van der Waals surface area contributed by atoms with Crippen molar-refractivity contribution in [1.82, 2.24) is 4.37 Å². The van der Waals surface area contributed by atoms with Gasteiger partial charge in [-0.1, -0.05) is 12.8 Å². The van der Waals surface area contributed by atoms with E-state index in [1.165, 1.54) is 22.8 Å². The summed E-state index contributed by atoms with van der Waals surface area (Å²) >= 11 is 1.52. The summed E-state index contributed by atoms with van der Waals surface area (Å²) in [5, 5.41) is 10.2. The second-order valence-corrected chi connectivity index (χ2v) is 4.94. The maximum atomic E-state index is 10.2. The van der Waals surface area contributed by atoms with Crippen LogP contribution in [0.5, 0.6) is 0 Å². The van der Waals surface area contributed by atoms with Crippen LogP contribution in [-0.2, 0) is 0 Å². The highest BCUT2D eigenvalue weighted by molar-refractivity contribution is 7.05. The Labute approximate surface area is 82.8 Å². The molecule has 0 saturated heterocycles. The maximum Gasteiger partial charge on any atom is 0.0696 e. The van der Waals surface area contributed by atoms with Gasteiger partial charge in [0.15, 0.2) is 0 Å². The molecule has 1 fully saturated rings. The zero-order valence-corrected chi connectivity index (χ0v) is 8.68. The molecule has 2 rings (SSSR count). The molecule has 0 radical (unpaired) electrons. The number of aliphatic hydroxyl groups is 1.